The molecular formula is C20H42N6O2. The number of nitrogens with zero attached hydrogens (tertiary/aromatic N) is 3. The van der Waals surface area contributed by atoms with Gasteiger partial charge in [0.2, 0.25) is 0 Å². The molecule has 0 atom stereocenters. The van der Waals surface area contributed by atoms with E-state index in [0.29, 0.717) is 6.54 Å². The third kappa shape index (κ3) is 12.0. The Morgan fingerprint density at radius 1 is 0.929 bits per heavy atom. The molecule has 0 aromatic rings. The van der Waals surface area contributed by atoms with E-state index in [1.54, 1.807) is 7.05 Å². The van der Waals surface area contributed by atoms with Crippen molar-refractivity contribution in [2.45, 2.75) is 52.6 Å². The molecule has 1 amide bonds. The zero-order valence-electron chi connectivity index (χ0n) is 18.6. The van der Waals surface area contributed by atoms with Gasteiger partial charge in [0.05, 0.1) is 0 Å². The molecule has 0 aromatic carbocycles. The summed E-state index contributed by atoms with van der Waals surface area (Å²) in [7, 11) is 1.78. The maximum absolute atomic E-state index is 11.6. The quantitative estimate of drug-likeness (QED) is 0.294. The zero-order valence-corrected chi connectivity index (χ0v) is 18.6. The monoisotopic (exact) mass is 398 g/mol. The van der Waals surface area contributed by atoms with Gasteiger partial charge < -0.3 is 30.5 Å². The number of amides is 1. The van der Waals surface area contributed by atoms with Gasteiger partial charge in [-0.15, -0.1) is 0 Å². The number of aliphatic imine (C=N–C) groups is 1. The van der Waals surface area contributed by atoms with Gasteiger partial charge >= 0.3 is 6.09 Å². The number of hydrogen-bond donors (Lipinski definition) is 3. The van der Waals surface area contributed by atoms with E-state index < -0.39 is 5.60 Å². The van der Waals surface area contributed by atoms with E-state index in [4.69, 9.17) is 4.74 Å². The van der Waals surface area contributed by atoms with Crippen LogP contribution < -0.4 is 16.0 Å². The molecule has 0 spiro atoms. The Morgan fingerprint density at radius 2 is 1.50 bits per heavy atom. The number of unbranched alkanes of at least 4 members (excludes halogenated alkanes) is 1. The lowest BCUT2D eigenvalue weighted by molar-refractivity contribution is 0.0527. The Bertz CT molecular complexity index is 456. The van der Waals surface area contributed by atoms with Gasteiger partial charge in [-0.05, 0) is 53.1 Å². The fraction of sp³-hybridized carbons (Fsp3) is 0.900. The fourth-order valence-electron chi connectivity index (χ4n) is 3.02. The SMILES string of the molecule is CCN1CCN(CCCCNC(=NC)NCCCNC(=O)OC(C)(C)C)CC1. The van der Waals surface area contributed by atoms with E-state index in [-0.39, 0.29) is 6.09 Å². The number of rotatable bonds is 10. The summed E-state index contributed by atoms with van der Waals surface area (Å²) in [6.45, 7) is 17.2. The van der Waals surface area contributed by atoms with Crippen molar-refractivity contribution in [1.82, 2.24) is 25.8 Å². The molecule has 0 unspecified atom stereocenters. The standard InChI is InChI=1S/C20H42N6O2/c1-6-25-14-16-26(17-15-25)13-8-7-10-22-18(21-5)23-11-9-12-24-19(27)28-20(2,3)4/h6-17H2,1-5H3,(H,24,27)(H2,21,22,23). The second kappa shape index (κ2) is 13.6. The number of hydrogen-bond acceptors (Lipinski definition) is 5. The van der Waals surface area contributed by atoms with Crippen LogP contribution in [-0.4, -0.2) is 93.4 Å². The van der Waals surface area contributed by atoms with Gasteiger partial charge in [0.1, 0.15) is 5.60 Å². The van der Waals surface area contributed by atoms with E-state index in [1.807, 2.05) is 20.8 Å². The van der Waals surface area contributed by atoms with Crippen molar-refractivity contribution in [2.75, 3.05) is 66.0 Å². The summed E-state index contributed by atoms with van der Waals surface area (Å²) in [5.41, 5.74) is -0.460. The molecule has 164 valence electrons. The van der Waals surface area contributed by atoms with Gasteiger partial charge in [-0.3, -0.25) is 4.99 Å². The summed E-state index contributed by atoms with van der Waals surface area (Å²) >= 11 is 0. The number of alkyl carbamates (subject to hydrolysis) is 1. The zero-order chi connectivity index (χ0) is 20.8. The number of carbonyl (C=O) groups excluding carboxylic acids is 1. The minimum atomic E-state index is -0.460. The van der Waals surface area contributed by atoms with Crippen LogP contribution >= 0.6 is 0 Å². The molecule has 1 saturated heterocycles. The van der Waals surface area contributed by atoms with Crippen LogP contribution in [0.1, 0.15) is 47.0 Å². The average Bonchev–Trinajstić information content (AvgIpc) is 2.65. The maximum Gasteiger partial charge on any atom is 0.407 e. The topological polar surface area (TPSA) is 81.2 Å². The van der Waals surface area contributed by atoms with E-state index in [2.05, 4.69) is 37.7 Å². The van der Waals surface area contributed by atoms with Crippen molar-refractivity contribution in [1.29, 1.82) is 0 Å². The second-order valence-corrected chi connectivity index (χ2v) is 8.19. The fourth-order valence-corrected chi connectivity index (χ4v) is 3.02. The highest BCUT2D eigenvalue weighted by atomic mass is 16.6. The number of likely N-dealkylation sites (N-methyl/N-ethyl adjacent to an activating group) is 1. The molecule has 0 bridgehead atoms. The molecular weight excluding hydrogens is 356 g/mol. The highest BCUT2D eigenvalue weighted by Crippen LogP contribution is 2.06. The predicted octanol–water partition coefficient (Wildman–Crippen LogP) is 1.48. The van der Waals surface area contributed by atoms with Crippen LogP contribution in [0, 0.1) is 0 Å². The summed E-state index contributed by atoms with van der Waals surface area (Å²) in [5.74, 6) is 0.814. The molecule has 0 radical (unpaired) electrons. The Morgan fingerprint density at radius 3 is 2.07 bits per heavy atom. The van der Waals surface area contributed by atoms with Crippen molar-refractivity contribution < 1.29 is 9.53 Å². The molecule has 1 aliphatic rings. The van der Waals surface area contributed by atoms with Crippen molar-refractivity contribution in [3.63, 3.8) is 0 Å². The molecule has 1 rings (SSSR count). The minimum Gasteiger partial charge on any atom is -0.444 e. The number of guanidine groups is 1. The van der Waals surface area contributed by atoms with Crippen LogP contribution in [0.5, 0.6) is 0 Å². The number of ether oxygens (including phenoxy) is 1. The van der Waals surface area contributed by atoms with Gasteiger partial charge in [-0.2, -0.15) is 0 Å². The lowest BCUT2D eigenvalue weighted by Crippen LogP contribution is -2.46. The molecule has 3 N–H and O–H groups in total. The third-order valence-corrected chi connectivity index (χ3v) is 4.64. The van der Waals surface area contributed by atoms with E-state index in [9.17, 15) is 4.79 Å². The molecule has 8 nitrogen and oxygen atoms in total. The van der Waals surface area contributed by atoms with Gasteiger partial charge in [-0.1, -0.05) is 6.92 Å². The molecule has 1 heterocycles. The van der Waals surface area contributed by atoms with Crippen molar-refractivity contribution >= 4 is 12.1 Å². The lowest BCUT2D eigenvalue weighted by atomic mass is 10.2. The van der Waals surface area contributed by atoms with Crippen LogP contribution in [0.25, 0.3) is 0 Å². The van der Waals surface area contributed by atoms with Crippen LogP contribution in [0.4, 0.5) is 4.79 Å². The van der Waals surface area contributed by atoms with Gasteiger partial charge in [0.25, 0.3) is 0 Å². The predicted molar refractivity (Wildman–Crippen MR) is 116 cm³/mol. The second-order valence-electron chi connectivity index (χ2n) is 8.19. The van der Waals surface area contributed by atoms with E-state index in [1.165, 1.54) is 45.7 Å². The molecule has 0 aromatic heterocycles. The molecule has 1 aliphatic heterocycles. The number of carbonyl (C=O) groups is 1. The lowest BCUT2D eigenvalue weighted by Gasteiger charge is -2.34. The maximum atomic E-state index is 11.6. The van der Waals surface area contributed by atoms with Gasteiger partial charge in [0, 0.05) is 52.9 Å². The Hall–Kier alpha value is -1.54. The Balaban J connectivity index is 2.00. The van der Waals surface area contributed by atoms with Crippen molar-refractivity contribution in [3.8, 4) is 0 Å². The van der Waals surface area contributed by atoms with E-state index in [0.717, 1.165) is 31.9 Å². The number of piperazine rings is 1. The first-order chi connectivity index (χ1) is 13.3. The summed E-state index contributed by atoms with van der Waals surface area (Å²) in [4.78, 5) is 20.9. The summed E-state index contributed by atoms with van der Waals surface area (Å²) < 4.78 is 5.21. The van der Waals surface area contributed by atoms with Crippen LogP contribution in [0.15, 0.2) is 4.99 Å². The summed E-state index contributed by atoms with van der Waals surface area (Å²) in [5, 5.41) is 9.39. The molecule has 8 heteroatoms. The van der Waals surface area contributed by atoms with E-state index >= 15 is 0 Å². The minimum absolute atomic E-state index is 0.369. The van der Waals surface area contributed by atoms with Crippen LogP contribution in [0.2, 0.25) is 0 Å². The first-order valence-electron chi connectivity index (χ1n) is 10.7. The first kappa shape index (κ1) is 24.5. The summed E-state index contributed by atoms with van der Waals surface area (Å²) in [6.07, 6.45) is 2.78. The molecule has 28 heavy (non-hydrogen) atoms. The number of nitrogens with one attached hydrogen (secondary N) is 3. The van der Waals surface area contributed by atoms with Crippen LogP contribution in [0.3, 0.4) is 0 Å². The molecule has 0 aliphatic carbocycles. The van der Waals surface area contributed by atoms with Crippen molar-refractivity contribution in [2.24, 2.45) is 4.99 Å². The normalized spacial score (nSPS) is 16.7. The van der Waals surface area contributed by atoms with Gasteiger partial charge in [-0.25, -0.2) is 4.79 Å². The molecule has 1 fully saturated rings. The van der Waals surface area contributed by atoms with Gasteiger partial charge in [0.15, 0.2) is 5.96 Å². The largest absolute Gasteiger partial charge is 0.444 e. The highest BCUT2D eigenvalue weighted by molar-refractivity contribution is 5.79. The first-order valence-corrected chi connectivity index (χ1v) is 10.7. The average molecular weight is 399 g/mol. The molecule has 0 saturated carbocycles. The van der Waals surface area contributed by atoms with Crippen LogP contribution in [-0.2, 0) is 4.74 Å². The third-order valence-electron chi connectivity index (χ3n) is 4.64. The summed E-state index contributed by atoms with van der Waals surface area (Å²) in [6, 6.07) is 0. The smallest absolute Gasteiger partial charge is 0.407 e. The Kier molecular flexibility index (Phi) is 11.9. The van der Waals surface area contributed by atoms with Crippen molar-refractivity contribution in [3.05, 3.63) is 0 Å². The Labute approximate surface area is 171 Å². The highest BCUT2D eigenvalue weighted by Gasteiger charge is 2.15.